The van der Waals surface area contributed by atoms with Gasteiger partial charge in [-0.15, -0.1) is 0 Å². The molecule has 0 aliphatic rings. The molecule has 2 aromatic carbocycles. The number of rotatable bonds is 3. The number of nitrogens with two attached hydrogens (primary N) is 1. The highest BCUT2D eigenvalue weighted by Gasteiger charge is 2.13. The van der Waals surface area contributed by atoms with E-state index in [0.29, 0.717) is 4.90 Å². The van der Waals surface area contributed by atoms with Gasteiger partial charge in [0.2, 0.25) is 0 Å². The van der Waals surface area contributed by atoms with Gasteiger partial charge in [-0.1, -0.05) is 35.5 Å². The molecule has 0 amide bonds. The fraction of sp³-hybridized carbons (Fsp3) is 0.133. The Morgan fingerprint density at radius 3 is 2.53 bits per heavy atom. The molecule has 4 heteroatoms. The van der Waals surface area contributed by atoms with E-state index in [1.165, 1.54) is 23.4 Å². The summed E-state index contributed by atoms with van der Waals surface area (Å²) in [5.74, 6) is -0.701. The van der Waals surface area contributed by atoms with E-state index in [-0.39, 0.29) is 11.4 Å². The average Bonchev–Trinajstić information content (AvgIpc) is 2.32. The Bertz CT molecular complexity index is 638. The Kier molecular flexibility index (Phi) is 3.90. The summed E-state index contributed by atoms with van der Waals surface area (Å²) in [6, 6.07) is 10.8. The van der Waals surface area contributed by atoms with Crippen molar-refractivity contribution in [2.75, 3.05) is 0 Å². The van der Waals surface area contributed by atoms with Gasteiger partial charge in [0.15, 0.2) is 0 Å². The van der Waals surface area contributed by atoms with E-state index in [0.717, 1.165) is 10.5 Å². The van der Waals surface area contributed by atoms with Crippen molar-refractivity contribution in [3.8, 4) is 0 Å². The molecule has 3 N–H and O–H groups in total. The van der Waals surface area contributed by atoms with Crippen LogP contribution in [0.5, 0.6) is 0 Å². The van der Waals surface area contributed by atoms with Crippen LogP contribution in [0.1, 0.15) is 16.7 Å². The summed E-state index contributed by atoms with van der Waals surface area (Å²) in [5.41, 5.74) is 7.95. The minimum absolute atomic E-state index is 0.174. The van der Waals surface area contributed by atoms with Crippen molar-refractivity contribution in [2.45, 2.75) is 23.6 Å². The normalized spacial score (nSPS) is 10.5. The molecule has 0 fully saturated rings. The molecule has 19 heavy (non-hydrogen) atoms. The first-order valence-electron chi connectivity index (χ1n) is 5.87. The number of amidine groups is 1. The Morgan fingerprint density at radius 2 is 1.89 bits per heavy atom. The largest absolute Gasteiger partial charge is 0.384 e. The summed E-state index contributed by atoms with van der Waals surface area (Å²) in [6.07, 6.45) is 0. The number of hydrogen-bond donors (Lipinski definition) is 2. The fourth-order valence-corrected chi connectivity index (χ4v) is 2.93. The SMILES string of the molecule is Cc1ccc(Sc2cccc(F)c2C(=N)N)c(C)c1. The molecule has 0 unspecified atom stereocenters. The smallest absolute Gasteiger partial charge is 0.135 e. The second-order valence-corrected chi connectivity index (χ2v) is 5.48. The maximum atomic E-state index is 13.7. The van der Waals surface area contributed by atoms with Crippen LogP contribution in [-0.2, 0) is 0 Å². The Hall–Kier alpha value is -1.81. The van der Waals surface area contributed by atoms with Crippen LogP contribution in [0.25, 0.3) is 0 Å². The minimum Gasteiger partial charge on any atom is -0.384 e. The third-order valence-corrected chi connectivity index (χ3v) is 4.03. The van der Waals surface area contributed by atoms with Gasteiger partial charge in [0.25, 0.3) is 0 Å². The zero-order valence-corrected chi connectivity index (χ0v) is 11.6. The lowest BCUT2D eigenvalue weighted by molar-refractivity contribution is 0.621. The summed E-state index contributed by atoms with van der Waals surface area (Å²) in [4.78, 5) is 1.71. The van der Waals surface area contributed by atoms with Crippen LogP contribution in [0, 0.1) is 25.1 Å². The topological polar surface area (TPSA) is 49.9 Å². The molecule has 0 spiro atoms. The van der Waals surface area contributed by atoms with Crippen LogP contribution in [-0.4, -0.2) is 5.84 Å². The highest BCUT2D eigenvalue weighted by Crippen LogP contribution is 2.33. The van der Waals surface area contributed by atoms with Crippen LogP contribution in [0.15, 0.2) is 46.2 Å². The maximum Gasteiger partial charge on any atom is 0.135 e. The molecular formula is C15H15FN2S. The Balaban J connectivity index is 2.44. The maximum absolute atomic E-state index is 13.7. The summed E-state index contributed by atoms with van der Waals surface area (Å²) in [6.45, 7) is 4.05. The van der Waals surface area contributed by atoms with Crippen LogP contribution in [0.4, 0.5) is 4.39 Å². The van der Waals surface area contributed by atoms with Crippen LogP contribution < -0.4 is 5.73 Å². The quantitative estimate of drug-likeness (QED) is 0.659. The van der Waals surface area contributed by atoms with Crippen molar-refractivity contribution >= 4 is 17.6 Å². The molecular weight excluding hydrogens is 259 g/mol. The predicted octanol–water partition coefficient (Wildman–Crippen LogP) is 3.88. The van der Waals surface area contributed by atoms with E-state index in [4.69, 9.17) is 11.1 Å². The number of hydrogen-bond acceptors (Lipinski definition) is 2. The number of aryl methyl sites for hydroxylation is 2. The van der Waals surface area contributed by atoms with E-state index in [1.54, 1.807) is 12.1 Å². The number of benzene rings is 2. The standard InChI is InChI=1S/C15H15FN2S/c1-9-6-7-12(10(2)8-9)19-13-5-3-4-11(16)14(13)15(17)18/h3-8H,1-2H3,(H3,17,18). The lowest BCUT2D eigenvalue weighted by Crippen LogP contribution is -2.14. The highest BCUT2D eigenvalue weighted by molar-refractivity contribution is 7.99. The van der Waals surface area contributed by atoms with Gasteiger partial charge in [-0.05, 0) is 37.6 Å². The lowest BCUT2D eigenvalue weighted by atomic mass is 10.2. The molecule has 0 aliphatic carbocycles. The van der Waals surface area contributed by atoms with E-state index in [2.05, 4.69) is 6.07 Å². The van der Waals surface area contributed by atoms with Gasteiger partial charge < -0.3 is 5.73 Å². The number of nitrogens with one attached hydrogen (secondary N) is 1. The molecule has 2 rings (SSSR count). The van der Waals surface area contributed by atoms with E-state index >= 15 is 0 Å². The Labute approximate surface area is 116 Å². The molecule has 0 bridgehead atoms. The molecule has 0 atom stereocenters. The van der Waals surface area contributed by atoms with Gasteiger partial charge in [-0.3, -0.25) is 5.41 Å². The molecule has 98 valence electrons. The lowest BCUT2D eigenvalue weighted by Gasteiger charge is -2.11. The summed E-state index contributed by atoms with van der Waals surface area (Å²) in [5, 5.41) is 7.50. The van der Waals surface area contributed by atoms with Crippen molar-refractivity contribution in [2.24, 2.45) is 5.73 Å². The van der Waals surface area contributed by atoms with Crippen molar-refractivity contribution < 1.29 is 4.39 Å². The third-order valence-electron chi connectivity index (χ3n) is 2.80. The third kappa shape index (κ3) is 2.96. The molecule has 0 aliphatic heterocycles. The predicted molar refractivity (Wildman–Crippen MR) is 77.5 cm³/mol. The van der Waals surface area contributed by atoms with Gasteiger partial charge in [0, 0.05) is 9.79 Å². The van der Waals surface area contributed by atoms with Gasteiger partial charge in [0.05, 0.1) is 5.56 Å². The van der Waals surface area contributed by atoms with Gasteiger partial charge in [0.1, 0.15) is 11.7 Å². The Morgan fingerprint density at radius 1 is 1.16 bits per heavy atom. The summed E-state index contributed by atoms with van der Waals surface area (Å²) < 4.78 is 13.7. The fourth-order valence-electron chi connectivity index (χ4n) is 1.88. The van der Waals surface area contributed by atoms with E-state index in [1.807, 2.05) is 26.0 Å². The molecule has 2 nitrogen and oxygen atoms in total. The minimum atomic E-state index is -0.456. The van der Waals surface area contributed by atoms with E-state index < -0.39 is 5.82 Å². The first-order chi connectivity index (χ1) is 8.99. The number of nitrogen functional groups attached to an aromatic ring is 1. The number of halogens is 1. The molecule has 2 aromatic rings. The molecule has 0 saturated carbocycles. The highest BCUT2D eigenvalue weighted by atomic mass is 32.2. The summed E-state index contributed by atoms with van der Waals surface area (Å²) >= 11 is 1.43. The second-order valence-electron chi connectivity index (χ2n) is 4.40. The molecule has 0 heterocycles. The monoisotopic (exact) mass is 274 g/mol. The van der Waals surface area contributed by atoms with Crippen LogP contribution >= 0.6 is 11.8 Å². The van der Waals surface area contributed by atoms with Crippen molar-refractivity contribution in [1.29, 1.82) is 5.41 Å². The van der Waals surface area contributed by atoms with Crippen molar-refractivity contribution in [3.63, 3.8) is 0 Å². The first-order valence-corrected chi connectivity index (χ1v) is 6.68. The van der Waals surface area contributed by atoms with E-state index in [9.17, 15) is 4.39 Å². The molecule has 0 aromatic heterocycles. The van der Waals surface area contributed by atoms with Crippen molar-refractivity contribution in [1.82, 2.24) is 0 Å². The van der Waals surface area contributed by atoms with Crippen LogP contribution in [0.3, 0.4) is 0 Å². The zero-order chi connectivity index (χ0) is 14.0. The average molecular weight is 274 g/mol. The van der Waals surface area contributed by atoms with Crippen molar-refractivity contribution in [3.05, 3.63) is 58.9 Å². The van der Waals surface area contributed by atoms with Crippen LogP contribution in [0.2, 0.25) is 0 Å². The van der Waals surface area contributed by atoms with Gasteiger partial charge >= 0.3 is 0 Å². The summed E-state index contributed by atoms with van der Waals surface area (Å²) in [7, 11) is 0. The van der Waals surface area contributed by atoms with Gasteiger partial charge in [-0.2, -0.15) is 0 Å². The zero-order valence-electron chi connectivity index (χ0n) is 10.8. The van der Waals surface area contributed by atoms with Gasteiger partial charge in [-0.25, -0.2) is 4.39 Å². The first kappa shape index (κ1) is 13.6. The second kappa shape index (κ2) is 5.45. The molecule has 0 saturated heterocycles. The molecule has 0 radical (unpaired) electrons.